The molecule has 2 heteroatoms. The second-order valence-corrected chi connectivity index (χ2v) is 4.91. The molecule has 0 saturated carbocycles. The van der Waals surface area contributed by atoms with E-state index in [9.17, 15) is 0 Å². The van der Waals surface area contributed by atoms with Gasteiger partial charge in [0, 0.05) is 25.3 Å². The average Bonchev–Trinajstić information content (AvgIpc) is 2.48. The van der Waals surface area contributed by atoms with Gasteiger partial charge in [-0.25, -0.2) is 0 Å². The van der Waals surface area contributed by atoms with Crippen LogP contribution in [0.2, 0.25) is 0 Å². The number of anilines is 1. The van der Waals surface area contributed by atoms with Crippen LogP contribution in [0, 0.1) is 0 Å². The molecule has 0 aliphatic rings. The van der Waals surface area contributed by atoms with Crippen LogP contribution in [-0.4, -0.2) is 21.2 Å². The monoisotopic (exact) mass is 267 g/mol. The lowest BCUT2D eigenvalue weighted by atomic mass is 10.1. The fourth-order valence-corrected chi connectivity index (χ4v) is 2.06. The summed E-state index contributed by atoms with van der Waals surface area (Å²) in [5.74, 6) is 0.909. The van der Waals surface area contributed by atoms with Crippen LogP contribution in [0.25, 0.3) is 6.08 Å². The number of benzene rings is 2. The van der Waals surface area contributed by atoms with E-state index in [1.165, 1.54) is 11.3 Å². The Hall–Kier alpha value is -2.22. The van der Waals surface area contributed by atoms with Gasteiger partial charge in [0.25, 0.3) is 0 Å². The number of hydrogen-bond donors (Lipinski definition) is 0. The molecule has 0 spiro atoms. The van der Waals surface area contributed by atoms with Crippen molar-refractivity contribution in [2.24, 2.45) is 0 Å². The lowest BCUT2D eigenvalue weighted by Crippen LogP contribution is -2.08. The maximum atomic E-state index is 5.33. The average molecular weight is 267 g/mol. The van der Waals surface area contributed by atoms with Crippen molar-refractivity contribution in [1.82, 2.24) is 0 Å². The van der Waals surface area contributed by atoms with Crippen molar-refractivity contribution in [2.75, 3.05) is 26.1 Å². The molecule has 0 heterocycles. The minimum Gasteiger partial charge on any atom is -0.496 e. The molecule has 2 rings (SSSR count). The predicted octanol–water partition coefficient (Wildman–Crippen LogP) is 4.02. The second-order valence-electron chi connectivity index (χ2n) is 4.91. The van der Waals surface area contributed by atoms with E-state index >= 15 is 0 Å². The fraction of sp³-hybridized carbons (Fsp3) is 0.222. The fourth-order valence-electron chi connectivity index (χ4n) is 2.06. The van der Waals surface area contributed by atoms with Gasteiger partial charge in [0.05, 0.1) is 7.11 Å². The molecule has 2 aromatic carbocycles. The molecule has 0 atom stereocenters. The van der Waals surface area contributed by atoms with E-state index in [0.717, 1.165) is 17.7 Å². The van der Waals surface area contributed by atoms with Gasteiger partial charge in [0.2, 0.25) is 0 Å². The molecule has 104 valence electrons. The number of rotatable bonds is 5. The SMILES string of the molecule is COc1ccccc1/C=C/Cc1ccc(N(C)C)cc1. The largest absolute Gasteiger partial charge is 0.496 e. The van der Waals surface area contributed by atoms with Crippen LogP contribution in [0.5, 0.6) is 5.75 Å². The first-order chi connectivity index (χ1) is 9.70. The molecule has 2 nitrogen and oxygen atoms in total. The van der Waals surface area contributed by atoms with Crippen molar-refractivity contribution in [3.8, 4) is 5.75 Å². The Morgan fingerprint density at radius 3 is 2.35 bits per heavy atom. The number of methoxy groups -OCH3 is 1. The highest BCUT2D eigenvalue weighted by atomic mass is 16.5. The molecule has 0 N–H and O–H groups in total. The van der Waals surface area contributed by atoms with Crippen LogP contribution < -0.4 is 9.64 Å². The zero-order chi connectivity index (χ0) is 14.4. The summed E-state index contributed by atoms with van der Waals surface area (Å²) < 4.78 is 5.33. The minimum atomic E-state index is 0.909. The number of nitrogens with zero attached hydrogens (tertiary/aromatic N) is 1. The number of ether oxygens (including phenoxy) is 1. The van der Waals surface area contributed by atoms with Crippen LogP contribution in [0.1, 0.15) is 11.1 Å². The van der Waals surface area contributed by atoms with Gasteiger partial charge in [-0.1, -0.05) is 42.5 Å². The van der Waals surface area contributed by atoms with E-state index in [2.05, 4.69) is 61.5 Å². The topological polar surface area (TPSA) is 12.5 Å². The molecule has 0 saturated heterocycles. The lowest BCUT2D eigenvalue weighted by Gasteiger charge is -2.12. The smallest absolute Gasteiger partial charge is 0.126 e. The van der Waals surface area contributed by atoms with E-state index in [4.69, 9.17) is 4.74 Å². The number of para-hydroxylation sites is 1. The zero-order valence-corrected chi connectivity index (χ0v) is 12.3. The van der Waals surface area contributed by atoms with Crippen molar-refractivity contribution >= 4 is 11.8 Å². The summed E-state index contributed by atoms with van der Waals surface area (Å²) in [5.41, 5.74) is 3.64. The van der Waals surface area contributed by atoms with Gasteiger partial charge in [-0.05, 0) is 30.2 Å². The highest BCUT2D eigenvalue weighted by Crippen LogP contribution is 2.19. The van der Waals surface area contributed by atoms with Gasteiger partial charge in [0.1, 0.15) is 5.75 Å². The van der Waals surface area contributed by atoms with Gasteiger partial charge in [-0.3, -0.25) is 0 Å². The molecular formula is C18H21NO. The third kappa shape index (κ3) is 3.64. The van der Waals surface area contributed by atoms with Crippen LogP contribution in [0.4, 0.5) is 5.69 Å². The third-order valence-electron chi connectivity index (χ3n) is 3.24. The second kappa shape index (κ2) is 6.80. The molecule has 0 aromatic heterocycles. The van der Waals surface area contributed by atoms with Crippen LogP contribution in [-0.2, 0) is 6.42 Å². The van der Waals surface area contributed by atoms with Crippen LogP contribution in [0.15, 0.2) is 54.6 Å². The van der Waals surface area contributed by atoms with Gasteiger partial charge >= 0.3 is 0 Å². The van der Waals surface area contributed by atoms with Gasteiger partial charge < -0.3 is 9.64 Å². The maximum absolute atomic E-state index is 5.33. The number of allylic oxidation sites excluding steroid dienone is 1. The van der Waals surface area contributed by atoms with Crippen molar-refractivity contribution in [1.29, 1.82) is 0 Å². The van der Waals surface area contributed by atoms with Crippen molar-refractivity contribution in [3.05, 3.63) is 65.7 Å². The lowest BCUT2D eigenvalue weighted by molar-refractivity contribution is 0.414. The molecule has 0 fully saturated rings. The molecule has 0 radical (unpaired) electrons. The summed E-state index contributed by atoms with van der Waals surface area (Å²) in [5, 5.41) is 0. The van der Waals surface area contributed by atoms with E-state index < -0.39 is 0 Å². The first-order valence-corrected chi connectivity index (χ1v) is 6.76. The first kappa shape index (κ1) is 14.2. The minimum absolute atomic E-state index is 0.909. The Morgan fingerprint density at radius 1 is 1.00 bits per heavy atom. The summed E-state index contributed by atoms with van der Waals surface area (Å²) in [6, 6.07) is 16.7. The third-order valence-corrected chi connectivity index (χ3v) is 3.24. The quantitative estimate of drug-likeness (QED) is 0.811. The Labute approximate surface area is 121 Å². The summed E-state index contributed by atoms with van der Waals surface area (Å²) in [4.78, 5) is 2.11. The van der Waals surface area contributed by atoms with Gasteiger partial charge in [-0.15, -0.1) is 0 Å². The van der Waals surface area contributed by atoms with Crippen molar-refractivity contribution in [3.63, 3.8) is 0 Å². The molecular weight excluding hydrogens is 246 g/mol. The van der Waals surface area contributed by atoms with Gasteiger partial charge in [-0.2, -0.15) is 0 Å². The van der Waals surface area contributed by atoms with Gasteiger partial charge in [0.15, 0.2) is 0 Å². The molecule has 0 bridgehead atoms. The van der Waals surface area contributed by atoms with E-state index in [0.29, 0.717) is 0 Å². The molecule has 2 aromatic rings. The molecule has 0 aliphatic carbocycles. The first-order valence-electron chi connectivity index (χ1n) is 6.76. The molecule has 0 amide bonds. The molecule has 0 unspecified atom stereocenters. The van der Waals surface area contributed by atoms with Crippen LogP contribution >= 0.6 is 0 Å². The highest BCUT2D eigenvalue weighted by molar-refractivity contribution is 5.57. The normalized spacial score (nSPS) is 10.8. The summed E-state index contributed by atoms with van der Waals surface area (Å²) in [6.45, 7) is 0. The van der Waals surface area contributed by atoms with E-state index in [1.54, 1.807) is 7.11 Å². The summed E-state index contributed by atoms with van der Waals surface area (Å²) in [7, 11) is 5.81. The van der Waals surface area contributed by atoms with E-state index in [1.807, 2.05) is 18.2 Å². The summed E-state index contributed by atoms with van der Waals surface area (Å²) >= 11 is 0. The molecule has 0 aliphatic heterocycles. The zero-order valence-electron chi connectivity index (χ0n) is 12.3. The standard InChI is InChI=1S/C18H21NO/c1-19(2)17-13-11-15(12-14-17)7-6-9-16-8-4-5-10-18(16)20-3/h4-6,8-14H,7H2,1-3H3/b9-6+. The Balaban J connectivity index is 2.02. The van der Waals surface area contributed by atoms with Crippen molar-refractivity contribution in [2.45, 2.75) is 6.42 Å². The Bertz CT molecular complexity index is 570. The number of hydrogen-bond acceptors (Lipinski definition) is 2. The van der Waals surface area contributed by atoms with Crippen LogP contribution in [0.3, 0.4) is 0 Å². The Morgan fingerprint density at radius 2 is 1.70 bits per heavy atom. The predicted molar refractivity (Wildman–Crippen MR) is 86.5 cm³/mol. The summed E-state index contributed by atoms with van der Waals surface area (Å²) in [6.07, 6.45) is 5.20. The van der Waals surface area contributed by atoms with Crippen molar-refractivity contribution < 1.29 is 4.74 Å². The highest BCUT2D eigenvalue weighted by Gasteiger charge is 1.97. The maximum Gasteiger partial charge on any atom is 0.126 e. The molecule has 20 heavy (non-hydrogen) atoms. The van der Waals surface area contributed by atoms with E-state index in [-0.39, 0.29) is 0 Å². The Kier molecular flexibility index (Phi) is 4.83.